The number of nitrogens with zero attached hydrogens (tertiary/aromatic N) is 3. The maximum absolute atomic E-state index is 6.20. The van der Waals surface area contributed by atoms with Crippen molar-refractivity contribution in [1.29, 1.82) is 0 Å². The van der Waals surface area contributed by atoms with Gasteiger partial charge in [0, 0.05) is 0 Å². The van der Waals surface area contributed by atoms with Crippen LogP contribution in [0.3, 0.4) is 0 Å². The lowest BCUT2D eigenvalue weighted by molar-refractivity contribution is 0.891. The molecule has 0 aliphatic heterocycles. The van der Waals surface area contributed by atoms with Gasteiger partial charge >= 0.3 is 0 Å². The Morgan fingerprint density at radius 2 is 1.78 bits per heavy atom. The summed E-state index contributed by atoms with van der Waals surface area (Å²) in [5, 5.41) is 4.32. The minimum atomic E-state index is 0.366. The van der Waals surface area contributed by atoms with Crippen LogP contribution in [0.4, 0.5) is 11.5 Å². The summed E-state index contributed by atoms with van der Waals surface area (Å²) in [6.45, 7) is 2.09. The molecule has 0 atom stereocenters. The van der Waals surface area contributed by atoms with Gasteiger partial charge in [-0.15, -0.1) is 0 Å². The SMILES string of the molecule is CCc1ccccc1N=C(N)c1cnn(-c2ccccc2)c1N. The van der Waals surface area contributed by atoms with Crippen molar-refractivity contribution in [2.75, 3.05) is 5.73 Å². The standard InChI is InChI=1S/C18H19N5/c1-2-13-8-6-7-11-16(13)22-17(19)15-12-21-23(18(15)20)14-9-4-3-5-10-14/h3-12H,2,20H2,1H3,(H2,19,22). The van der Waals surface area contributed by atoms with E-state index in [0.29, 0.717) is 17.2 Å². The number of para-hydroxylation sites is 2. The third kappa shape index (κ3) is 2.94. The molecule has 0 amide bonds. The van der Waals surface area contributed by atoms with Gasteiger partial charge in [-0.3, -0.25) is 0 Å². The average Bonchev–Trinajstić information content (AvgIpc) is 2.98. The predicted molar refractivity (Wildman–Crippen MR) is 94.2 cm³/mol. The van der Waals surface area contributed by atoms with Crippen molar-refractivity contribution < 1.29 is 0 Å². The van der Waals surface area contributed by atoms with Gasteiger partial charge in [0.05, 0.1) is 23.1 Å². The van der Waals surface area contributed by atoms with Crippen LogP contribution in [0.15, 0.2) is 65.8 Å². The number of amidine groups is 1. The maximum atomic E-state index is 6.20. The van der Waals surface area contributed by atoms with Crippen molar-refractivity contribution in [3.05, 3.63) is 71.9 Å². The molecule has 2 aromatic carbocycles. The number of aliphatic imine (C=N–C) groups is 1. The van der Waals surface area contributed by atoms with Gasteiger partial charge in [-0.05, 0) is 30.2 Å². The van der Waals surface area contributed by atoms with E-state index in [1.165, 1.54) is 0 Å². The van der Waals surface area contributed by atoms with Gasteiger partial charge in [0.1, 0.15) is 11.7 Å². The fourth-order valence-corrected chi connectivity index (χ4v) is 2.44. The lowest BCUT2D eigenvalue weighted by Crippen LogP contribution is -2.15. The summed E-state index contributed by atoms with van der Waals surface area (Å²) in [5.74, 6) is 0.844. The first-order chi connectivity index (χ1) is 11.2. The molecule has 3 aromatic rings. The Hall–Kier alpha value is -3.08. The zero-order valence-corrected chi connectivity index (χ0v) is 13.0. The van der Waals surface area contributed by atoms with Crippen LogP contribution in [-0.4, -0.2) is 15.6 Å². The highest BCUT2D eigenvalue weighted by molar-refractivity contribution is 6.02. The molecule has 0 saturated carbocycles. The summed E-state index contributed by atoms with van der Waals surface area (Å²) >= 11 is 0. The van der Waals surface area contributed by atoms with Gasteiger partial charge in [-0.1, -0.05) is 43.3 Å². The van der Waals surface area contributed by atoms with E-state index in [1.807, 2.05) is 54.6 Å². The summed E-state index contributed by atoms with van der Waals surface area (Å²) in [5.41, 5.74) is 15.9. The number of hydrogen-bond donors (Lipinski definition) is 2. The van der Waals surface area contributed by atoms with E-state index in [-0.39, 0.29) is 0 Å². The molecule has 5 heteroatoms. The van der Waals surface area contributed by atoms with E-state index in [2.05, 4.69) is 17.0 Å². The van der Waals surface area contributed by atoms with Crippen molar-refractivity contribution in [1.82, 2.24) is 9.78 Å². The van der Waals surface area contributed by atoms with Gasteiger partial charge in [0.15, 0.2) is 0 Å². The number of nitrogens with two attached hydrogens (primary N) is 2. The molecule has 0 saturated heterocycles. The Bertz CT molecular complexity index is 834. The third-order valence-electron chi connectivity index (χ3n) is 3.70. The van der Waals surface area contributed by atoms with Crippen molar-refractivity contribution in [3.63, 3.8) is 0 Å². The van der Waals surface area contributed by atoms with Gasteiger partial charge in [-0.2, -0.15) is 5.10 Å². The highest BCUT2D eigenvalue weighted by Crippen LogP contribution is 2.22. The van der Waals surface area contributed by atoms with E-state index in [9.17, 15) is 0 Å². The molecule has 0 bridgehead atoms. The largest absolute Gasteiger partial charge is 0.383 e. The van der Waals surface area contributed by atoms with E-state index < -0.39 is 0 Å². The average molecular weight is 305 g/mol. The molecule has 1 heterocycles. The topological polar surface area (TPSA) is 82.2 Å². The van der Waals surface area contributed by atoms with Crippen LogP contribution >= 0.6 is 0 Å². The predicted octanol–water partition coefficient (Wildman–Crippen LogP) is 3.05. The Labute approximate surface area is 135 Å². The summed E-state index contributed by atoms with van der Waals surface area (Å²) in [7, 11) is 0. The summed E-state index contributed by atoms with van der Waals surface area (Å²) in [6, 6.07) is 17.6. The van der Waals surface area contributed by atoms with Gasteiger partial charge in [0.2, 0.25) is 0 Å². The molecule has 0 aliphatic rings. The second kappa shape index (κ2) is 6.36. The number of rotatable bonds is 4. The van der Waals surface area contributed by atoms with Crippen LogP contribution in [0.2, 0.25) is 0 Å². The van der Waals surface area contributed by atoms with Crippen LogP contribution in [-0.2, 0) is 6.42 Å². The minimum Gasteiger partial charge on any atom is -0.383 e. The lowest BCUT2D eigenvalue weighted by Gasteiger charge is -2.06. The van der Waals surface area contributed by atoms with Crippen molar-refractivity contribution >= 4 is 17.3 Å². The molecule has 0 fully saturated rings. The normalized spacial score (nSPS) is 11.6. The molecular weight excluding hydrogens is 286 g/mol. The van der Waals surface area contributed by atoms with Crippen LogP contribution in [0, 0.1) is 0 Å². The first-order valence-corrected chi connectivity index (χ1v) is 7.52. The number of anilines is 1. The Kier molecular flexibility index (Phi) is 4.10. The molecule has 5 nitrogen and oxygen atoms in total. The van der Waals surface area contributed by atoms with Crippen LogP contribution in [0.25, 0.3) is 5.69 Å². The van der Waals surface area contributed by atoms with E-state index in [4.69, 9.17) is 11.5 Å². The van der Waals surface area contributed by atoms with Crippen LogP contribution in [0.5, 0.6) is 0 Å². The molecule has 0 spiro atoms. The number of benzene rings is 2. The van der Waals surface area contributed by atoms with Crippen LogP contribution in [0.1, 0.15) is 18.1 Å². The molecule has 3 rings (SSSR count). The molecule has 4 N–H and O–H groups in total. The van der Waals surface area contributed by atoms with E-state index in [0.717, 1.165) is 23.4 Å². The van der Waals surface area contributed by atoms with Crippen molar-refractivity contribution in [2.24, 2.45) is 10.7 Å². The Morgan fingerprint density at radius 1 is 1.09 bits per heavy atom. The van der Waals surface area contributed by atoms with Crippen molar-refractivity contribution in [3.8, 4) is 5.69 Å². The second-order valence-electron chi connectivity index (χ2n) is 5.17. The molecule has 0 radical (unpaired) electrons. The molecule has 0 unspecified atom stereocenters. The number of aromatic nitrogens is 2. The number of nitrogen functional groups attached to an aromatic ring is 1. The fraction of sp³-hybridized carbons (Fsp3) is 0.111. The van der Waals surface area contributed by atoms with Crippen molar-refractivity contribution in [2.45, 2.75) is 13.3 Å². The van der Waals surface area contributed by atoms with Crippen LogP contribution < -0.4 is 11.5 Å². The maximum Gasteiger partial charge on any atom is 0.138 e. The Morgan fingerprint density at radius 3 is 2.52 bits per heavy atom. The number of aryl methyl sites for hydroxylation is 1. The van der Waals surface area contributed by atoms with E-state index >= 15 is 0 Å². The monoisotopic (exact) mass is 305 g/mol. The van der Waals surface area contributed by atoms with E-state index in [1.54, 1.807) is 10.9 Å². The lowest BCUT2D eigenvalue weighted by atomic mass is 10.1. The summed E-state index contributed by atoms with van der Waals surface area (Å²) in [6.07, 6.45) is 2.54. The van der Waals surface area contributed by atoms with Gasteiger partial charge in [0.25, 0.3) is 0 Å². The highest BCUT2D eigenvalue weighted by Gasteiger charge is 2.12. The first-order valence-electron chi connectivity index (χ1n) is 7.52. The summed E-state index contributed by atoms with van der Waals surface area (Å²) < 4.78 is 1.66. The highest BCUT2D eigenvalue weighted by atomic mass is 15.3. The molecular formula is C18H19N5. The van der Waals surface area contributed by atoms with Gasteiger partial charge < -0.3 is 11.5 Å². The quantitative estimate of drug-likeness (QED) is 0.574. The second-order valence-corrected chi connectivity index (χ2v) is 5.17. The molecule has 116 valence electrons. The third-order valence-corrected chi connectivity index (χ3v) is 3.70. The fourth-order valence-electron chi connectivity index (χ4n) is 2.44. The minimum absolute atomic E-state index is 0.366. The molecule has 0 aliphatic carbocycles. The van der Waals surface area contributed by atoms with Gasteiger partial charge in [-0.25, -0.2) is 9.67 Å². The summed E-state index contributed by atoms with van der Waals surface area (Å²) in [4.78, 5) is 4.53. The smallest absolute Gasteiger partial charge is 0.138 e. The first kappa shape index (κ1) is 14.8. The zero-order valence-electron chi connectivity index (χ0n) is 13.0. The zero-order chi connectivity index (χ0) is 16.2. The Balaban J connectivity index is 1.99. The number of hydrogen-bond acceptors (Lipinski definition) is 3. The molecule has 23 heavy (non-hydrogen) atoms. The molecule has 1 aromatic heterocycles.